The van der Waals surface area contributed by atoms with E-state index in [2.05, 4.69) is 10.1 Å². The maximum atomic E-state index is 12.1. The Bertz CT molecular complexity index is 935. The summed E-state index contributed by atoms with van der Waals surface area (Å²) in [7, 11) is 0. The van der Waals surface area contributed by atoms with Crippen LogP contribution in [-0.2, 0) is 13.0 Å². The molecule has 0 bridgehead atoms. The molecule has 5 nitrogen and oxygen atoms in total. The Labute approximate surface area is 139 Å². The standard InChI is InChI=1S/C19H17N3O2/c1-13-9-15-10-16(11-20-19(15)24-13)17-7-8-18(23)22(21-17)12-14-5-3-2-4-6-14/h2-8,10-11,13H,9,12H2,1H3. The Morgan fingerprint density at radius 1 is 1.21 bits per heavy atom. The minimum absolute atomic E-state index is 0.117. The zero-order valence-corrected chi connectivity index (χ0v) is 13.3. The molecule has 0 spiro atoms. The van der Waals surface area contributed by atoms with Gasteiger partial charge in [-0.2, -0.15) is 5.10 Å². The summed E-state index contributed by atoms with van der Waals surface area (Å²) >= 11 is 0. The highest BCUT2D eigenvalue weighted by molar-refractivity contribution is 5.59. The van der Waals surface area contributed by atoms with Gasteiger partial charge in [-0.1, -0.05) is 30.3 Å². The smallest absolute Gasteiger partial charge is 0.267 e. The van der Waals surface area contributed by atoms with Gasteiger partial charge in [0.25, 0.3) is 5.56 Å². The van der Waals surface area contributed by atoms with E-state index in [1.54, 1.807) is 18.3 Å². The van der Waals surface area contributed by atoms with Crippen molar-refractivity contribution in [2.24, 2.45) is 0 Å². The molecule has 0 fully saturated rings. The van der Waals surface area contributed by atoms with Gasteiger partial charge in [0.15, 0.2) is 0 Å². The first kappa shape index (κ1) is 14.6. The second-order valence-electron chi connectivity index (χ2n) is 6.02. The van der Waals surface area contributed by atoms with Crippen molar-refractivity contribution in [2.45, 2.75) is 26.0 Å². The highest BCUT2D eigenvalue weighted by Crippen LogP contribution is 2.29. The van der Waals surface area contributed by atoms with Gasteiger partial charge in [0.2, 0.25) is 5.88 Å². The van der Waals surface area contributed by atoms with Crippen molar-refractivity contribution in [1.82, 2.24) is 14.8 Å². The van der Waals surface area contributed by atoms with Crippen LogP contribution >= 0.6 is 0 Å². The molecule has 0 saturated carbocycles. The van der Waals surface area contributed by atoms with E-state index >= 15 is 0 Å². The fourth-order valence-corrected chi connectivity index (χ4v) is 2.90. The van der Waals surface area contributed by atoms with Crippen LogP contribution < -0.4 is 10.3 Å². The van der Waals surface area contributed by atoms with E-state index in [0.717, 1.165) is 28.8 Å². The highest BCUT2D eigenvalue weighted by atomic mass is 16.5. The molecule has 1 aliphatic heterocycles. The van der Waals surface area contributed by atoms with E-state index < -0.39 is 0 Å². The van der Waals surface area contributed by atoms with Crippen molar-refractivity contribution in [3.8, 4) is 17.1 Å². The Balaban J connectivity index is 1.69. The first-order valence-electron chi connectivity index (χ1n) is 7.97. The molecule has 2 aromatic heterocycles. The lowest BCUT2D eigenvalue weighted by Gasteiger charge is -2.08. The number of rotatable bonds is 3. The molecule has 24 heavy (non-hydrogen) atoms. The molecule has 1 atom stereocenters. The van der Waals surface area contributed by atoms with Crippen LogP contribution in [0.1, 0.15) is 18.1 Å². The van der Waals surface area contributed by atoms with Gasteiger partial charge in [0, 0.05) is 29.8 Å². The molecule has 0 saturated heterocycles. The molecule has 0 amide bonds. The summed E-state index contributed by atoms with van der Waals surface area (Å²) in [6.07, 6.45) is 2.75. The number of ether oxygens (including phenoxy) is 1. The average Bonchev–Trinajstić information content (AvgIpc) is 2.97. The van der Waals surface area contributed by atoms with E-state index in [1.807, 2.05) is 43.3 Å². The van der Waals surface area contributed by atoms with Crippen LogP contribution in [0.4, 0.5) is 0 Å². The van der Waals surface area contributed by atoms with Gasteiger partial charge in [-0.05, 0) is 24.6 Å². The van der Waals surface area contributed by atoms with Crippen LogP contribution in [0.15, 0.2) is 59.5 Å². The average molecular weight is 319 g/mol. The Morgan fingerprint density at radius 2 is 2.04 bits per heavy atom. The molecule has 5 heteroatoms. The van der Waals surface area contributed by atoms with Crippen LogP contribution in [-0.4, -0.2) is 20.9 Å². The van der Waals surface area contributed by atoms with Gasteiger partial charge in [-0.25, -0.2) is 9.67 Å². The van der Waals surface area contributed by atoms with Crippen molar-refractivity contribution in [2.75, 3.05) is 0 Å². The quantitative estimate of drug-likeness (QED) is 0.745. The normalized spacial score (nSPS) is 15.8. The first-order chi connectivity index (χ1) is 11.7. The first-order valence-corrected chi connectivity index (χ1v) is 7.97. The van der Waals surface area contributed by atoms with E-state index in [-0.39, 0.29) is 11.7 Å². The Morgan fingerprint density at radius 3 is 2.88 bits per heavy atom. The third kappa shape index (κ3) is 2.80. The second kappa shape index (κ2) is 5.92. The molecule has 120 valence electrons. The van der Waals surface area contributed by atoms with Crippen LogP contribution in [0.25, 0.3) is 11.3 Å². The van der Waals surface area contributed by atoms with E-state index in [0.29, 0.717) is 12.4 Å². The van der Waals surface area contributed by atoms with Crippen molar-refractivity contribution in [3.63, 3.8) is 0 Å². The largest absolute Gasteiger partial charge is 0.474 e. The third-order valence-electron chi connectivity index (χ3n) is 4.08. The molecule has 1 unspecified atom stereocenters. The number of pyridine rings is 1. The maximum Gasteiger partial charge on any atom is 0.267 e. The van der Waals surface area contributed by atoms with Crippen molar-refractivity contribution < 1.29 is 4.74 Å². The van der Waals surface area contributed by atoms with Gasteiger partial charge >= 0.3 is 0 Å². The zero-order valence-electron chi connectivity index (χ0n) is 13.3. The van der Waals surface area contributed by atoms with E-state index in [1.165, 1.54) is 4.68 Å². The molecule has 3 aromatic rings. The van der Waals surface area contributed by atoms with Crippen LogP contribution in [0.3, 0.4) is 0 Å². The third-order valence-corrected chi connectivity index (χ3v) is 4.08. The zero-order chi connectivity index (χ0) is 16.5. The molecule has 1 aliphatic rings. The highest BCUT2D eigenvalue weighted by Gasteiger charge is 2.21. The Hall–Kier alpha value is -2.95. The Kier molecular flexibility index (Phi) is 3.61. The molecular weight excluding hydrogens is 302 g/mol. The molecule has 3 heterocycles. The fraction of sp³-hybridized carbons (Fsp3) is 0.211. The molecule has 0 N–H and O–H groups in total. The second-order valence-corrected chi connectivity index (χ2v) is 6.02. The molecule has 4 rings (SSSR count). The number of fused-ring (bicyclic) bond motifs is 1. The van der Waals surface area contributed by atoms with E-state index in [4.69, 9.17) is 4.74 Å². The summed E-state index contributed by atoms with van der Waals surface area (Å²) < 4.78 is 7.12. The maximum absolute atomic E-state index is 12.1. The van der Waals surface area contributed by atoms with E-state index in [9.17, 15) is 4.79 Å². The number of nitrogens with zero attached hydrogens (tertiary/aromatic N) is 3. The van der Waals surface area contributed by atoms with Crippen molar-refractivity contribution >= 4 is 0 Å². The van der Waals surface area contributed by atoms with Gasteiger partial charge in [0.05, 0.1) is 12.2 Å². The minimum Gasteiger partial charge on any atom is -0.474 e. The van der Waals surface area contributed by atoms with Crippen LogP contribution in [0.5, 0.6) is 5.88 Å². The van der Waals surface area contributed by atoms with Crippen LogP contribution in [0, 0.1) is 0 Å². The van der Waals surface area contributed by atoms with Gasteiger partial charge < -0.3 is 4.74 Å². The van der Waals surface area contributed by atoms with Crippen LogP contribution in [0.2, 0.25) is 0 Å². The van der Waals surface area contributed by atoms with Crippen molar-refractivity contribution in [1.29, 1.82) is 0 Å². The fourth-order valence-electron chi connectivity index (χ4n) is 2.90. The summed E-state index contributed by atoms with van der Waals surface area (Å²) in [4.78, 5) is 16.5. The topological polar surface area (TPSA) is 57.0 Å². The SMILES string of the molecule is CC1Cc2cc(-c3ccc(=O)n(Cc4ccccc4)n3)cnc2O1. The monoisotopic (exact) mass is 319 g/mol. The lowest BCUT2D eigenvalue weighted by molar-refractivity contribution is 0.246. The molecule has 0 radical (unpaired) electrons. The summed E-state index contributed by atoms with van der Waals surface area (Å²) in [6.45, 7) is 2.48. The van der Waals surface area contributed by atoms with Crippen molar-refractivity contribution in [3.05, 3.63) is 76.2 Å². The van der Waals surface area contributed by atoms with Gasteiger partial charge in [0.1, 0.15) is 6.10 Å². The summed E-state index contributed by atoms with van der Waals surface area (Å²) in [5.74, 6) is 0.698. The number of benzene rings is 1. The lowest BCUT2D eigenvalue weighted by atomic mass is 10.1. The summed E-state index contributed by atoms with van der Waals surface area (Å²) in [5, 5.41) is 4.51. The molecular formula is C19H17N3O2. The van der Waals surface area contributed by atoms with Gasteiger partial charge in [-0.15, -0.1) is 0 Å². The molecule has 0 aliphatic carbocycles. The summed E-state index contributed by atoms with van der Waals surface area (Å²) in [6, 6.07) is 15.2. The predicted molar refractivity (Wildman–Crippen MR) is 91.1 cm³/mol. The summed E-state index contributed by atoms with van der Waals surface area (Å²) in [5.41, 5.74) is 3.64. The minimum atomic E-state index is -0.117. The number of aromatic nitrogens is 3. The number of hydrogen-bond donors (Lipinski definition) is 0. The predicted octanol–water partition coefficient (Wildman–Crippen LogP) is 2.68. The number of hydrogen-bond acceptors (Lipinski definition) is 4. The molecule has 1 aromatic carbocycles. The van der Waals surface area contributed by atoms with Gasteiger partial charge in [-0.3, -0.25) is 4.79 Å². The lowest BCUT2D eigenvalue weighted by Crippen LogP contribution is -2.22.